The van der Waals surface area contributed by atoms with Crippen LogP contribution in [0.2, 0.25) is 0 Å². The van der Waals surface area contributed by atoms with E-state index in [1.165, 1.54) is 7.11 Å². The molecule has 7 nitrogen and oxygen atoms in total. The van der Waals surface area contributed by atoms with E-state index < -0.39 is 5.97 Å². The van der Waals surface area contributed by atoms with Gasteiger partial charge in [-0.2, -0.15) is 5.10 Å². The summed E-state index contributed by atoms with van der Waals surface area (Å²) < 4.78 is 6.42. The molecule has 0 bridgehead atoms. The van der Waals surface area contributed by atoms with Crippen molar-refractivity contribution in [3.8, 4) is 0 Å². The van der Waals surface area contributed by atoms with Crippen LogP contribution in [0.25, 0.3) is 0 Å². The molecule has 0 radical (unpaired) electrons. The van der Waals surface area contributed by atoms with Gasteiger partial charge in [0, 0.05) is 25.4 Å². The molecule has 0 aliphatic rings. The smallest absolute Gasteiger partial charge is 0.350 e. The highest BCUT2D eigenvalue weighted by Crippen LogP contribution is 2.23. The summed E-state index contributed by atoms with van der Waals surface area (Å²) in [5, 5.41) is 7.17. The molecule has 2 aromatic heterocycles. The molecule has 0 fully saturated rings. The maximum Gasteiger partial charge on any atom is 0.350 e. The lowest BCUT2D eigenvalue weighted by molar-refractivity contribution is -0.116. The molecule has 2 heterocycles. The first-order chi connectivity index (χ1) is 10.1. The molecule has 0 atom stereocenters. The second-order valence-electron chi connectivity index (χ2n) is 4.35. The summed E-state index contributed by atoms with van der Waals surface area (Å²) in [5.74, 6) is -0.573. The first kappa shape index (κ1) is 15.2. The number of aryl methyl sites for hydroxylation is 2. The van der Waals surface area contributed by atoms with E-state index in [0.717, 1.165) is 11.3 Å². The molecule has 0 saturated carbocycles. The number of amides is 1. The lowest BCUT2D eigenvalue weighted by Crippen LogP contribution is -2.12. The number of methoxy groups -OCH3 is 1. The zero-order chi connectivity index (χ0) is 15.2. The zero-order valence-electron chi connectivity index (χ0n) is 11.8. The Morgan fingerprint density at radius 3 is 2.95 bits per heavy atom. The van der Waals surface area contributed by atoms with Crippen LogP contribution in [-0.4, -0.2) is 33.8 Å². The summed E-state index contributed by atoms with van der Waals surface area (Å²) in [6, 6.07) is 1.84. The van der Waals surface area contributed by atoms with Gasteiger partial charge in [-0.05, 0) is 19.4 Å². The van der Waals surface area contributed by atoms with E-state index in [-0.39, 0.29) is 5.91 Å². The molecule has 2 aromatic rings. The van der Waals surface area contributed by atoms with Gasteiger partial charge in [-0.3, -0.25) is 9.48 Å². The van der Waals surface area contributed by atoms with Crippen LogP contribution in [0.1, 0.15) is 28.2 Å². The average Bonchev–Trinajstić information content (AvgIpc) is 3.08. The summed E-state index contributed by atoms with van der Waals surface area (Å²) in [5.41, 5.74) is 0.554. The van der Waals surface area contributed by atoms with Crippen LogP contribution in [-0.2, 0) is 16.1 Å². The van der Waals surface area contributed by atoms with Gasteiger partial charge in [0.2, 0.25) is 5.91 Å². The van der Waals surface area contributed by atoms with E-state index >= 15 is 0 Å². The second kappa shape index (κ2) is 6.98. The van der Waals surface area contributed by atoms with Crippen LogP contribution in [0.15, 0.2) is 18.5 Å². The minimum atomic E-state index is -0.441. The topological polar surface area (TPSA) is 86.1 Å². The largest absolute Gasteiger partial charge is 0.465 e. The van der Waals surface area contributed by atoms with E-state index in [4.69, 9.17) is 0 Å². The molecular weight excluding hydrogens is 292 g/mol. The van der Waals surface area contributed by atoms with Crippen LogP contribution in [0, 0.1) is 6.92 Å². The SMILES string of the molecule is COC(=O)c1sc(NC(=O)CCCn2cccn2)nc1C. The van der Waals surface area contributed by atoms with Gasteiger partial charge in [-0.1, -0.05) is 11.3 Å². The maximum absolute atomic E-state index is 11.8. The molecule has 0 aliphatic heterocycles. The van der Waals surface area contributed by atoms with Crippen molar-refractivity contribution in [1.29, 1.82) is 0 Å². The van der Waals surface area contributed by atoms with Gasteiger partial charge in [0.1, 0.15) is 4.88 Å². The number of nitrogens with zero attached hydrogens (tertiary/aromatic N) is 3. The van der Waals surface area contributed by atoms with Crippen molar-refractivity contribution in [2.24, 2.45) is 0 Å². The van der Waals surface area contributed by atoms with E-state index in [1.807, 2.05) is 12.3 Å². The van der Waals surface area contributed by atoms with Crippen molar-refractivity contribution >= 4 is 28.3 Å². The minimum absolute atomic E-state index is 0.132. The number of nitrogens with one attached hydrogen (secondary N) is 1. The summed E-state index contributed by atoms with van der Waals surface area (Å²) in [4.78, 5) is 27.8. The van der Waals surface area contributed by atoms with Crippen molar-refractivity contribution in [1.82, 2.24) is 14.8 Å². The minimum Gasteiger partial charge on any atom is -0.465 e. The highest BCUT2D eigenvalue weighted by atomic mass is 32.1. The molecule has 21 heavy (non-hydrogen) atoms. The standard InChI is InChI=1S/C13H16N4O3S/c1-9-11(12(19)20-2)21-13(15-9)16-10(18)5-3-7-17-8-4-6-14-17/h4,6,8H,3,5,7H2,1-2H3,(H,15,16,18). The lowest BCUT2D eigenvalue weighted by Gasteiger charge is -2.02. The number of esters is 1. The summed E-state index contributed by atoms with van der Waals surface area (Å²) in [7, 11) is 1.31. The highest BCUT2D eigenvalue weighted by Gasteiger charge is 2.16. The Morgan fingerprint density at radius 2 is 2.29 bits per heavy atom. The zero-order valence-corrected chi connectivity index (χ0v) is 12.6. The summed E-state index contributed by atoms with van der Waals surface area (Å²) in [6.07, 6.45) is 4.60. The number of aromatic nitrogens is 3. The van der Waals surface area contributed by atoms with Gasteiger partial charge in [0.15, 0.2) is 5.13 Å². The summed E-state index contributed by atoms with van der Waals surface area (Å²) >= 11 is 1.12. The Morgan fingerprint density at radius 1 is 1.48 bits per heavy atom. The molecule has 0 aromatic carbocycles. The highest BCUT2D eigenvalue weighted by molar-refractivity contribution is 7.17. The molecule has 1 amide bonds. The molecule has 112 valence electrons. The summed E-state index contributed by atoms with van der Waals surface area (Å²) in [6.45, 7) is 2.39. The molecular formula is C13H16N4O3S. The average molecular weight is 308 g/mol. The fourth-order valence-corrected chi connectivity index (χ4v) is 2.65. The Kier molecular flexibility index (Phi) is 5.04. The number of carbonyl (C=O) groups is 2. The Balaban J connectivity index is 1.83. The number of hydrogen-bond acceptors (Lipinski definition) is 6. The number of hydrogen-bond donors (Lipinski definition) is 1. The normalized spacial score (nSPS) is 10.4. The molecule has 0 unspecified atom stereocenters. The van der Waals surface area contributed by atoms with Gasteiger partial charge in [-0.15, -0.1) is 0 Å². The van der Waals surface area contributed by atoms with Crippen molar-refractivity contribution in [2.75, 3.05) is 12.4 Å². The Labute approximate surface area is 125 Å². The van der Waals surface area contributed by atoms with E-state index in [9.17, 15) is 9.59 Å². The maximum atomic E-state index is 11.8. The number of carbonyl (C=O) groups excluding carboxylic acids is 2. The monoisotopic (exact) mass is 308 g/mol. The number of rotatable bonds is 6. The van der Waals surface area contributed by atoms with Crippen molar-refractivity contribution < 1.29 is 14.3 Å². The fraction of sp³-hybridized carbons (Fsp3) is 0.385. The fourth-order valence-electron chi connectivity index (χ4n) is 1.75. The van der Waals surface area contributed by atoms with E-state index in [1.54, 1.807) is 17.8 Å². The van der Waals surface area contributed by atoms with Crippen molar-refractivity contribution in [2.45, 2.75) is 26.3 Å². The van der Waals surface area contributed by atoms with Crippen LogP contribution in [0.4, 0.5) is 5.13 Å². The van der Waals surface area contributed by atoms with Crippen molar-refractivity contribution in [3.63, 3.8) is 0 Å². The lowest BCUT2D eigenvalue weighted by atomic mass is 10.3. The molecule has 0 saturated heterocycles. The molecule has 1 N–H and O–H groups in total. The van der Waals surface area contributed by atoms with Gasteiger partial charge in [0.25, 0.3) is 0 Å². The first-order valence-corrected chi connectivity index (χ1v) is 7.25. The number of ether oxygens (including phenoxy) is 1. The Bertz CT molecular complexity index is 621. The predicted octanol–water partition coefficient (Wildman–Crippen LogP) is 1.85. The predicted molar refractivity (Wildman–Crippen MR) is 78.3 cm³/mol. The van der Waals surface area contributed by atoms with Crippen LogP contribution in [0.3, 0.4) is 0 Å². The molecule has 2 rings (SSSR count). The second-order valence-corrected chi connectivity index (χ2v) is 5.35. The van der Waals surface area contributed by atoms with Gasteiger partial charge in [-0.25, -0.2) is 9.78 Å². The third kappa shape index (κ3) is 4.12. The number of anilines is 1. The van der Waals surface area contributed by atoms with Crippen LogP contribution in [0.5, 0.6) is 0 Å². The van der Waals surface area contributed by atoms with Crippen LogP contribution >= 0.6 is 11.3 Å². The van der Waals surface area contributed by atoms with Gasteiger partial charge < -0.3 is 10.1 Å². The van der Waals surface area contributed by atoms with Crippen molar-refractivity contribution in [3.05, 3.63) is 29.0 Å². The van der Waals surface area contributed by atoms with E-state index in [0.29, 0.717) is 35.1 Å². The van der Waals surface area contributed by atoms with Crippen LogP contribution < -0.4 is 5.32 Å². The molecule has 8 heteroatoms. The Hall–Kier alpha value is -2.22. The molecule has 0 spiro atoms. The third-order valence-electron chi connectivity index (χ3n) is 2.76. The van der Waals surface area contributed by atoms with E-state index in [2.05, 4.69) is 20.1 Å². The third-order valence-corrected chi connectivity index (χ3v) is 3.82. The first-order valence-electron chi connectivity index (χ1n) is 6.43. The van der Waals surface area contributed by atoms with Gasteiger partial charge in [0.05, 0.1) is 12.8 Å². The quantitative estimate of drug-likeness (QED) is 0.823. The molecule has 0 aliphatic carbocycles. The van der Waals surface area contributed by atoms with Gasteiger partial charge >= 0.3 is 5.97 Å². The number of thiazole rings is 1.